The number of rotatable bonds is 4. The normalized spacial score (nSPS) is 19.8. The molecule has 0 saturated carbocycles. The number of fused-ring (bicyclic) bond motifs is 1. The Bertz CT molecular complexity index is 568. The predicted molar refractivity (Wildman–Crippen MR) is 97.0 cm³/mol. The third kappa shape index (κ3) is 4.77. The summed E-state index contributed by atoms with van der Waals surface area (Å²) < 4.78 is 11.3. The number of nitrogens with zero attached hydrogens (tertiary/aromatic N) is 2. The van der Waals surface area contributed by atoms with Crippen LogP contribution in [-0.2, 0) is 0 Å². The second-order valence-electron chi connectivity index (χ2n) is 6.63. The molecule has 3 N–H and O–H groups in total. The Kier molecular flexibility index (Phi) is 5.80. The zero-order valence-corrected chi connectivity index (χ0v) is 14.5. The van der Waals surface area contributed by atoms with Gasteiger partial charge in [-0.1, -0.05) is 6.92 Å². The number of guanidine groups is 1. The summed E-state index contributed by atoms with van der Waals surface area (Å²) in [7, 11) is 0. The molecule has 0 aliphatic carbocycles. The van der Waals surface area contributed by atoms with Crippen molar-refractivity contribution in [2.45, 2.75) is 26.2 Å². The van der Waals surface area contributed by atoms with Gasteiger partial charge in [0, 0.05) is 24.7 Å². The van der Waals surface area contributed by atoms with Crippen molar-refractivity contribution in [1.82, 2.24) is 4.90 Å². The van der Waals surface area contributed by atoms with Crippen molar-refractivity contribution >= 4 is 11.6 Å². The molecule has 2 aliphatic rings. The summed E-state index contributed by atoms with van der Waals surface area (Å²) in [5.74, 6) is 2.84. The molecule has 6 heteroatoms. The molecule has 0 spiro atoms. The second-order valence-corrected chi connectivity index (χ2v) is 6.63. The molecule has 0 unspecified atom stereocenters. The van der Waals surface area contributed by atoms with Gasteiger partial charge < -0.3 is 25.4 Å². The summed E-state index contributed by atoms with van der Waals surface area (Å²) >= 11 is 0. The third-order valence-electron chi connectivity index (χ3n) is 4.59. The maximum atomic E-state index is 6.00. The van der Waals surface area contributed by atoms with E-state index >= 15 is 0 Å². The van der Waals surface area contributed by atoms with Crippen LogP contribution in [0.1, 0.15) is 26.2 Å². The van der Waals surface area contributed by atoms with Gasteiger partial charge in [0.15, 0.2) is 17.5 Å². The van der Waals surface area contributed by atoms with Crippen LogP contribution in [0.5, 0.6) is 11.5 Å². The van der Waals surface area contributed by atoms with Crippen LogP contribution in [-0.4, -0.2) is 50.3 Å². The molecule has 0 radical (unpaired) electrons. The van der Waals surface area contributed by atoms with E-state index in [-0.39, 0.29) is 0 Å². The highest BCUT2D eigenvalue weighted by Crippen LogP contribution is 2.32. The van der Waals surface area contributed by atoms with E-state index in [0.717, 1.165) is 42.6 Å². The van der Waals surface area contributed by atoms with E-state index in [1.807, 2.05) is 18.2 Å². The van der Waals surface area contributed by atoms with Gasteiger partial charge >= 0.3 is 0 Å². The molecule has 24 heavy (non-hydrogen) atoms. The molecular formula is C18H28N4O2. The van der Waals surface area contributed by atoms with Crippen LogP contribution < -0.4 is 20.5 Å². The van der Waals surface area contributed by atoms with Crippen LogP contribution in [0.2, 0.25) is 0 Å². The van der Waals surface area contributed by atoms with E-state index in [9.17, 15) is 0 Å². The number of piperidine rings is 1. The average molecular weight is 332 g/mol. The van der Waals surface area contributed by atoms with Crippen molar-refractivity contribution in [1.29, 1.82) is 0 Å². The standard InChI is InChI=1S/C18H28N4O2/c1-14-5-8-22(9-6-14)10-7-20-18(19)21-15-3-4-16-17(13-15)24-12-2-11-23-16/h3-4,13-14H,2,5-12H2,1H3,(H3,19,20,21). The lowest BCUT2D eigenvalue weighted by Gasteiger charge is -2.29. The zero-order chi connectivity index (χ0) is 16.8. The van der Waals surface area contributed by atoms with E-state index in [1.165, 1.54) is 25.9 Å². The van der Waals surface area contributed by atoms with E-state index in [1.54, 1.807) is 0 Å². The fourth-order valence-corrected chi connectivity index (χ4v) is 3.03. The highest BCUT2D eigenvalue weighted by atomic mass is 16.5. The van der Waals surface area contributed by atoms with Gasteiger partial charge in [0.25, 0.3) is 0 Å². The van der Waals surface area contributed by atoms with Gasteiger partial charge in [-0.05, 0) is 44.0 Å². The Balaban J connectivity index is 1.49. The number of anilines is 1. The number of hydrogen-bond donors (Lipinski definition) is 2. The van der Waals surface area contributed by atoms with E-state index < -0.39 is 0 Å². The number of nitrogens with two attached hydrogens (primary N) is 1. The molecule has 0 atom stereocenters. The third-order valence-corrected chi connectivity index (χ3v) is 4.59. The van der Waals surface area contributed by atoms with Crippen molar-refractivity contribution in [3.05, 3.63) is 18.2 Å². The molecular weight excluding hydrogens is 304 g/mol. The van der Waals surface area contributed by atoms with Crippen LogP contribution >= 0.6 is 0 Å². The minimum atomic E-state index is 0.440. The number of hydrogen-bond acceptors (Lipinski definition) is 4. The molecule has 3 rings (SSSR count). The van der Waals surface area contributed by atoms with Crippen molar-refractivity contribution < 1.29 is 9.47 Å². The van der Waals surface area contributed by atoms with Gasteiger partial charge in [-0.15, -0.1) is 0 Å². The molecule has 0 amide bonds. The average Bonchev–Trinajstić information content (AvgIpc) is 2.81. The number of likely N-dealkylation sites (tertiary alicyclic amines) is 1. The largest absolute Gasteiger partial charge is 0.490 e. The maximum absolute atomic E-state index is 6.00. The fourth-order valence-electron chi connectivity index (χ4n) is 3.03. The summed E-state index contributed by atoms with van der Waals surface area (Å²) in [5, 5.41) is 3.13. The first-order valence-electron chi connectivity index (χ1n) is 8.89. The molecule has 132 valence electrons. The van der Waals surface area contributed by atoms with E-state index in [4.69, 9.17) is 15.2 Å². The quantitative estimate of drug-likeness (QED) is 0.654. The highest BCUT2D eigenvalue weighted by molar-refractivity contribution is 5.92. The molecule has 1 fully saturated rings. The Hall–Kier alpha value is -1.95. The molecule has 2 aliphatic heterocycles. The van der Waals surface area contributed by atoms with Crippen LogP contribution in [0.15, 0.2) is 23.2 Å². The number of benzene rings is 1. The lowest BCUT2D eigenvalue weighted by atomic mass is 9.99. The first-order chi connectivity index (χ1) is 11.7. The summed E-state index contributed by atoms with van der Waals surface area (Å²) in [5.41, 5.74) is 6.87. The van der Waals surface area contributed by atoms with Crippen LogP contribution in [0.4, 0.5) is 5.69 Å². The lowest BCUT2D eigenvalue weighted by molar-refractivity contribution is 0.197. The minimum absolute atomic E-state index is 0.440. The van der Waals surface area contributed by atoms with Crippen LogP contribution in [0.3, 0.4) is 0 Å². The number of aliphatic imine (C=N–C) groups is 1. The lowest BCUT2D eigenvalue weighted by Crippen LogP contribution is -2.35. The smallest absolute Gasteiger partial charge is 0.193 e. The summed E-state index contributed by atoms with van der Waals surface area (Å²) in [6.45, 7) is 7.73. The summed E-state index contributed by atoms with van der Waals surface area (Å²) in [4.78, 5) is 6.90. The number of ether oxygens (including phenoxy) is 2. The maximum Gasteiger partial charge on any atom is 0.193 e. The van der Waals surface area contributed by atoms with Gasteiger partial charge in [0.2, 0.25) is 0 Å². The molecule has 1 aromatic rings. The summed E-state index contributed by atoms with van der Waals surface area (Å²) in [6, 6.07) is 5.75. The van der Waals surface area contributed by atoms with E-state index in [0.29, 0.717) is 19.2 Å². The van der Waals surface area contributed by atoms with Gasteiger partial charge in [0.1, 0.15) is 0 Å². The van der Waals surface area contributed by atoms with Gasteiger partial charge in [0.05, 0.1) is 19.8 Å². The molecule has 0 aromatic heterocycles. The van der Waals surface area contributed by atoms with Crippen molar-refractivity contribution in [2.24, 2.45) is 16.6 Å². The topological polar surface area (TPSA) is 72.1 Å². The minimum Gasteiger partial charge on any atom is -0.490 e. The summed E-state index contributed by atoms with van der Waals surface area (Å²) in [6.07, 6.45) is 3.47. The van der Waals surface area contributed by atoms with Crippen molar-refractivity contribution in [3.8, 4) is 11.5 Å². The van der Waals surface area contributed by atoms with Gasteiger partial charge in [-0.2, -0.15) is 0 Å². The second kappa shape index (κ2) is 8.24. The van der Waals surface area contributed by atoms with E-state index in [2.05, 4.69) is 22.1 Å². The Labute approximate surface area is 144 Å². The van der Waals surface area contributed by atoms with Gasteiger partial charge in [-0.3, -0.25) is 4.99 Å². The predicted octanol–water partition coefficient (Wildman–Crippen LogP) is 2.31. The Morgan fingerprint density at radius 1 is 1.25 bits per heavy atom. The SMILES string of the molecule is CC1CCN(CCN=C(N)Nc2ccc3c(c2)OCCCO3)CC1. The Morgan fingerprint density at radius 2 is 2.00 bits per heavy atom. The molecule has 2 heterocycles. The number of nitrogens with one attached hydrogen (secondary N) is 1. The van der Waals surface area contributed by atoms with Crippen molar-refractivity contribution in [3.63, 3.8) is 0 Å². The van der Waals surface area contributed by atoms with Crippen LogP contribution in [0.25, 0.3) is 0 Å². The fraction of sp³-hybridized carbons (Fsp3) is 0.611. The molecule has 6 nitrogen and oxygen atoms in total. The molecule has 1 aromatic carbocycles. The first-order valence-corrected chi connectivity index (χ1v) is 8.89. The zero-order valence-electron chi connectivity index (χ0n) is 14.5. The molecule has 1 saturated heterocycles. The molecule has 0 bridgehead atoms. The highest BCUT2D eigenvalue weighted by Gasteiger charge is 2.15. The van der Waals surface area contributed by atoms with Crippen LogP contribution in [0, 0.1) is 5.92 Å². The Morgan fingerprint density at radius 3 is 2.79 bits per heavy atom. The first kappa shape index (κ1) is 16.9. The van der Waals surface area contributed by atoms with Crippen molar-refractivity contribution in [2.75, 3.05) is 44.7 Å². The monoisotopic (exact) mass is 332 g/mol. The van der Waals surface area contributed by atoms with Gasteiger partial charge in [-0.25, -0.2) is 0 Å².